The molecule has 2 amide bonds. The average Bonchev–Trinajstić information content (AvgIpc) is 2.68. The first-order valence-corrected chi connectivity index (χ1v) is 6.61. The second kappa shape index (κ2) is 3.76. The molecular formula is C16H14N2O2. The smallest absolute Gasteiger partial charge is 0.319 e. The van der Waals surface area contributed by atoms with E-state index in [2.05, 4.69) is 6.08 Å². The second-order valence-corrected chi connectivity index (χ2v) is 5.29. The maximum atomic E-state index is 11.5. The van der Waals surface area contributed by atoms with Crippen molar-refractivity contribution in [2.45, 2.75) is 18.1 Å². The number of carbonyl (C=O) groups is 1. The number of rotatable bonds is 0. The molecule has 20 heavy (non-hydrogen) atoms. The zero-order valence-corrected chi connectivity index (χ0v) is 10.8. The number of primary amides is 1. The number of nitrogens with zero attached hydrogens (tertiary/aromatic N) is 1. The number of amides is 2. The molecule has 0 saturated heterocycles. The Balaban J connectivity index is 1.97. The fourth-order valence-electron chi connectivity index (χ4n) is 3.27. The molecule has 100 valence electrons. The molecule has 2 atom stereocenters. The number of nitrogens with two attached hydrogens (primary N) is 1. The van der Waals surface area contributed by atoms with Crippen molar-refractivity contribution < 1.29 is 9.53 Å². The summed E-state index contributed by atoms with van der Waals surface area (Å²) in [6.45, 7) is 0.477. The van der Waals surface area contributed by atoms with Gasteiger partial charge >= 0.3 is 6.03 Å². The van der Waals surface area contributed by atoms with Gasteiger partial charge in [0.2, 0.25) is 0 Å². The van der Waals surface area contributed by atoms with Crippen molar-refractivity contribution in [3.63, 3.8) is 0 Å². The molecule has 4 nitrogen and oxygen atoms in total. The van der Waals surface area contributed by atoms with Crippen molar-refractivity contribution in [2.75, 3.05) is 0 Å². The van der Waals surface area contributed by atoms with E-state index in [0.29, 0.717) is 6.54 Å². The lowest BCUT2D eigenvalue weighted by Gasteiger charge is -2.28. The van der Waals surface area contributed by atoms with Gasteiger partial charge < -0.3 is 10.5 Å². The van der Waals surface area contributed by atoms with Crippen molar-refractivity contribution in [1.82, 2.24) is 4.90 Å². The van der Waals surface area contributed by atoms with Crippen LogP contribution in [0.1, 0.15) is 11.1 Å². The van der Waals surface area contributed by atoms with Gasteiger partial charge in [0.1, 0.15) is 11.9 Å². The van der Waals surface area contributed by atoms with Crippen LogP contribution in [0.4, 0.5) is 4.79 Å². The molecule has 2 aliphatic heterocycles. The van der Waals surface area contributed by atoms with Gasteiger partial charge in [-0.15, -0.1) is 0 Å². The highest BCUT2D eigenvalue weighted by molar-refractivity contribution is 5.74. The van der Waals surface area contributed by atoms with Crippen LogP contribution in [-0.4, -0.2) is 17.0 Å². The van der Waals surface area contributed by atoms with Crippen LogP contribution in [0, 0.1) is 0 Å². The molecule has 0 fully saturated rings. The molecular weight excluding hydrogens is 252 g/mol. The number of allylic oxidation sites excluding steroid dienone is 2. The number of benzene rings is 1. The first-order chi connectivity index (χ1) is 9.71. The normalized spacial score (nSPS) is 28.6. The monoisotopic (exact) mass is 266 g/mol. The van der Waals surface area contributed by atoms with E-state index in [1.54, 1.807) is 6.20 Å². The van der Waals surface area contributed by atoms with E-state index in [4.69, 9.17) is 10.5 Å². The molecule has 1 spiro atoms. The van der Waals surface area contributed by atoms with Crippen molar-refractivity contribution in [3.8, 4) is 5.75 Å². The lowest BCUT2D eigenvalue weighted by Crippen LogP contribution is -2.34. The summed E-state index contributed by atoms with van der Waals surface area (Å²) in [6.07, 6.45) is 11.9. The lowest BCUT2D eigenvalue weighted by atomic mass is 9.73. The fraction of sp³-hybridized carbons (Fsp3) is 0.188. The Kier molecular flexibility index (Phi) is 2.13. The quantitative estimate of drug-likeness (QED) is 0.782. The van der Waals surface area contributed by atoms with E-state index >= 15 is 0 Å². The fourth-order valence-corrected chi connectivity index (χ4v) is 3.27. The molecule has 2 heterocycles. The minimum absolute atomic E-state index is 0.0623. The molecule has 0 aromatic heterocycles. The number of ether oxygens (including phenoxy) is 1. The highest BCUT2D eigenvalue weighted by Crippen LogP contribution is 2.50. The van der Waals surface area contributed by atoms with Gasteiger partial charge in [-0.1, -0.05) is 30.4 Å². The Hall–Kier alpha value is -2.49. The number of urea groups is 1. The lowest BCUT2D eigenvalue weighted by molar-refractivity contribution is 0.222. The van der Waals surface area contributed by atoms with Gasteiger partial charge in [0.25, 0.3) is 0 Å². The zero-order chi connectivity index (χ0) is 13.7. The number of carbonyl (C=O) groups excluding carboxylic acids is 1. The predicted octanol–water partition coefficient (Wildman–Crippen LogP) is 2.22. The van der Waals surface area contributed by atoms with Crippen LogP contribution in [0.25, 0.3) is 0 Å². The Morgan fingerprint density at radius 3 is 3.10 bits per heavy atom. The highest BCUT2D eigenvalue weighted by atomic mass is 16.5. The van der Waals surface area contributed by atoms with E-state index in [1.165, 1.54) is 4.90 Å². The summed E-state index contributed by atoms with van der Waals surface area (Å²) in [4.78, 5) is 13.1. The van der Waals surface area contributed by atoms with E-state index in [9.17, 15) is 4.79 Å². The molecule has 4 heteroatoms. The van der Waals surface area contributed by atoms with E-state index in [-0.39, 0.29) is 11.5 Å². The van der Waals surface area contributed by atoms with Gasteiger partial charge in [-0.25, -0.2) is 4.79 Å². The van der Waals surface area contributed by atoms with Crippen LogP contribution in [0.2, 0.25) is 0 Å². The van der Waals surface area contributed by atoms with Crippen LogP contribution >= 0.6 is 0 Å². The van der Waals surface area contributed by atoms with E-state index in [1.807, 2.05) is 42.5 Å². The van der Waals surface area contributed by atoms with Gasteiger partial charge in [0.05, 0.1) is 12.0 Å². The van der Waals surface area contributed by atoms with Crippen LogP contribution in [0.15, 0.2) is 54.8 Å². The van der Waals surface area contributed by atoms with Crippen LogP contribution in [0.3, 0.4) is 0 Å². The third-order valence-corrected chi connectivity index (χ3v) is 4.19. The largest absolute Gasteiger partial charge is 0.484 e. The topological polar surface area (TPSA) is 55.6 Å². The van der Waals surface area contributed by atoms with Crippen LogP contribution < -0.4 is 10.5 Å². The van der Waals surface area contributed by atoms with Gasteiger partial charge in [0, 0.05) is 11.8 Å². The summed E-state index contributed by atoms with van der Waals surface area (Å²) in [5.41, 5.74) is 7.33. The summed E-state index contributed by atoms with van der Waals surface area (Å²) in [5.74, 6) is 0.889. The molecule has 1 aliphatic carbocycles. The molecule has 1 aromatic carbocycles. The van der Waals surface area contributed by atoms with Crippen molar-refractivity contribution in [3.05, 3.63) is 65.9 Å². The molecule has 3 aliphatic rings. The van der Waals surface area contributed by atoms with Gasteiger partial charge in [0.15, 0.2) is 0 Å². The predicted molar refractivity (Wildman–Crippen MR) is 75.1 cm³/mol. The first-order valence-electron chi connectivity index (χ1n) is 6.61. The highest BCUT2D eigenvalue weighted by Gasteiger charge is 2.47. The first kappa shape index (κ1) is 11.3. The third-order valence-electron chi connectivity index (χ3n) is 4.19. The Morgan fingerprint density at radius 1 is 1.35 bits per heavy atom. The Bertz CT molecular complexity index is 690. The third kappa shape index (κ3) is 1.33. The van der Waals surface area contributed by atoms with Gasteiger partial charge in [-0.3, -0.25) is 4.90 Å². The molecule has 2 N–H and O–H groups in total. The summed E-state index contributed by atoms with van der Waals surface area (Å²) < 4.78 is 6.05. The summed E-state index contributed by atoms with van der Waals surface area (Å²) >= 11 is 0. The average molecular weight is 266 g/mol. The Labute approximate surface area is 116 Å². The minimum Gasteiger partial charge on any atom is -0.484 e. The molecule has 0 bridgehead atoms. The minimum atomic E-state index is -0.442. The molecule has 2 unspecified atom stereocenters. The SMILES string of the molecule is NC(=O)N1C=CC23C=CC=CC2Oc2cccc(c23)C1. The van der Waals surface area contributed by atoms with Gasteiger partial charge in [-0.2, -0.15) is 0 Å². The summed E-state index contributed by atoms with van der Waals surface area (Å²) in [5, 5.41) is 0. The molecule has 0 saturated carbocycles. The number of hydrogen-bond donors (Lipinski definition) is 1. The van der Waals surface area contributed by atoms with Crippen molar-refractivity contribution in [1.29, 1.82) is 0 Å². The maximum absolute atomic E-state index is 11.5. The maximum Gasteiger partial charge on any atom is 0.319 e. The van der Waals surface area contributed by atoms with Crippen molar-refractivity contribution >= 4 is 6.03 Å². The summed E-state index contributed by atoms with van der Waals surface area (Å²) in [6, 6.07) is 5.52. The Morgan fingerprint density at radius 2 is 2.25 bits per heavy atom. The van der Waals surface area contributed by atoms with E-state index < -0.39 is 6.03 Å². The molecule has 4 rings (SSSR count). The molecule has 1 aromatic rings. The molecule has 0 radical (unpaired) electrons. The summed E-state index contributed by atoms with van der Waals surface area (Å²) in [7, 11) is 0. The van der Waals surface area contributed by atoms with Crippen LogP contribution in [0.5, 0.6) is 5.75 Å². The number of hydrogen-bond acceptors (Lipinski definition) is 2. The zero-order valence-electron chi connectivity index (χ0n) is 10.8. The van der Waals surface area contributed by atoms with Crippen LogP contribution in [-0.2, 0) is 12.0 Å². The van der Waals surface area contributed by atoms with Crippen molar-refractivity contribution in [2.24, 2.45) is 5.73 Å². The van der Waals surface area contributed by atoms with Gasteiger partial charge in [-0.05, 0) is 23.8 Å². The standard InChI is InChI=1S/C16H14N2O2/c17-15(19)18-9-8-16-7-2-1-6-13(16)20-12-5-3-4-11(10-18)14(12)16/h1-9,13H,10H2,(H2,17,19). The second-order valence-electron chi connectivity index (χ2n) is 5.29. The van der Waals surface area contributed by atoms with E-state index in [0.717, 1.165) is 16.9 Å².